The van der Waals surface area contributed by atoms with Crippen LogP contribution in [0.5, 0.6) is 0 Å². The van der Waals surface area contributed by atoms with Crippen molar-refractivity contribution in [2.24, 2.45) is 5.73 Å². The van der Waals surface area contributed by atoms with E-state index in [4.69, 9.17) is 5.73 Å². The van der Waals surface area contributed by atoms with Gasteiger partial charge in [0.15, 0.2) is 0 Å². The Morgan fingerprint density at radius 3 is 2.69 bits per heavy atom. The molecule has 1 heterocycles. The second-order valence-electron chi connectivity index (χ2n) is 4.01. The maximum Gasteiger partial charge on any atom is 0.295 e. The first kappa shape index (κ1) is 10.8. The number of benzene rings is 1. The van der Waals surface area contributed by atoms with Crippen LogP contribution in [-0.4, -0.2) is 24.1 Å². The Morgan fingerprint density at radius 1 is 1.56 bits per heavy atom. The van der Waals surface area contributed by atoms with Gasteiger partial charge < -0.3 is 10.6 Å². The molecule has 2 rings (SSSR count). The number of aryl methyl sites for hydroxylation is 1. The molecule has 86 valence electrons. The zero-order valence-corrected chi connectivity index (χ0v) is 8.81. The molecule has 0 amide bonds. The van der Waals surface area contributed by atoms with Crippen LogP contribution in [0.25, 0.3) is 0 Å². The van der Waals surface area contributed by atoms with Crippen molar-refractivity contribution in [3.63, 3.8) is 0 Å². The number of nitrogens with two attached hydrogens (primary N) is 1. The molecule has 16 heavy (non-hydrogen) atoms. The molecule has 1 fully saturated rings. The summed E-state index contributed by atoms with van der Waals surface area (Å²) in [4.78, 5) is 12.0. The van der Waals surface area contributed by atoms with Gasteiger partial charge in [-0.25, -0.2) is 4.39 Å². The van der Waals surface area contributed by atoms with Crippen LogP contribution in [0.1, 0.15) is 5.56 Å². The number of halogens is 1. The van der Waals surface area contributed by atoms with E-state index in [0.717, 1.165) is 6.07 Å². The topological polar surface area (TPSA) is 72.4 Å². The van der Waals surface area contributed by atoms with E-state index in [1.54, 1.807) is 11.8 Å². The van der Waals surface area contributed by atoms with Gasteiger partial charge in [-0.3, -0.25) is 10.1 Å². The molecule has 1 aliphatic rings. The van der Waals surface area contributed by atoms with Gasteiger partial charge in [0.1, 0.15) is 11.5 Å². The van der Waals surface area contributed by atoms with Crippen LogP contribution in [0.15, 0.2) is 12.1 Å². The van der Waals surface area contributed by atoms with Crippen LogP contribution < -0.4 is 10.6 Å². The molecule has 0 aliphatic carbocycles. The van der Waals surface area contributed by atoms with E-state index in [2.05, 4.69) is 0 Å². The van der Waals surface area contributed by atoms with Gasteiger partial charge in [0.25, 0.3) is 5.69 Å². The molecule has 0 spiro atoms. The lowest BCUT2D eigenvalue weighted by atomic mass is 10.1. The molecule has 0 unspecified atom stereocenters. The van der Waals surface area contributed by atoms with Crippen molar-refractivity contribution in [3.05, 3.63) is 33.6 Å². The molecule has 1 aromatic carbocycles. The maximum atomic E-state index is 13.2. The molecule has 0 bridgehead atoms. The van der Waals surface area contributed by atoms with Crippen molar-refractivity contribution >= 4 is 11.4 Å². The normalized spacial score (nSPS) is 16.1. The first-order valence-electron chi connectivity index (χ1n) is 4.94. The number of nitro groups is 1. The summed E-state index contributed by atoms with van der Waals surface area (Å²) in [5, 5.41) is 10.8. The molecule has 0 aromatic heterocycles. The molecule has 5 nitrogen and oxygen atoms in total. The highest BCUT2D eigenvalue weighted by Crippen LogP contribution is 2.33. The zero-order valence-electron chi connectivity index (χ0n) is 8.81. The summed E-state index contributed by atoms with van der Waals surface area (Å²) in [6, 6.07) is 2.51. The van der Waals surface area contributed by atoms with Gasteiger partial charge in [-0.1, -0.05) is 0 Å². The summed E-state index contributed by atoms with van der Waals surface area (Å²) in [5.41, 5.74) is 6.27. The van der Waals surface area contributed by atoms with Crippen LogP contribution in [0.3, 0.4) is 0 Å². The quantitative estimate of drug-likeness (QED) is 0.606. The standard InChI is InChI=1S/C10H12FN3O2/c1-6-2-9(13-4-7(12)5-13)10(14(15)16)3-8(6)11/h2-3,7H,4-5,12H2,1H3. The number of anilines is 1. The van der Waals surface area contributed by atoms with E-state index in [0.29, 0.717) is 24.3 Å². The van der Waals surface area contributed by atoms with E-state index in [1.807, 2.05) is 0 Å². The lowest BCUT2D eigenvalue weighted by Gasteiger charge is -2.38. The minimum absolute atomic E-state index is 0.0463. The van der Waals surface area contributed by atoms with Gasteiger partial charge in [0.2, 0.25) is 0 Å². The van der Waals surface area contributed by atoms with E-state index in [-0.39, 0.29) is 11.7 Å². The second kappa shape index (κ2) is 3.71. The summed E-state index contributed by atoms with van der Waals surface area (Å²) in [5.74, 6) is -0.555. The van der Waals surface area contributed by atoms with Crippen molar-refractivity contribution in [2.75, 3.05) is 18.0 Å². The fraction of sp³-hybridized carbons (Fsp3) is 0.400. The molecule has 0 saturated carbocycles. The third-order valence-electron chi connectivity index (χ3n) is 2.70. The average molecular weight is 225 g/mol. The number of nitrogens with zero attached hydrogens (tertiary/aromatic N) is 2. The van der Waals surface area contributed by atoms with Crippen molar-refractivity contribution in [1.82, 2.24) is 0 Å². The van der Waals surface area contributed by atoms with E-state index < -0.39 is 10.7 Å². The summed E-state index contributed by atoms with van der Waals surface area (Å²) in [6.07, 6.45) is 0. The Hall–Kier alpha value is -1.69. The van der Waals surface area contributed by atoms with Crippen LogP contribution >= 0.6 is 0 Å². The highest BCUT2D eigenvalue weighted by Gasteiger charge is 2.29. The molecule has 0 radical (unpaired) electrons. The molecule has 1 aromatic rings. The Kier molecular flexibility index (Phi) is 2.51. The lowest BCUT2D eigenvalue weighted by molar-refractivity contribution is -0.384. The van der Waals surface area contributed by atoms with Gasteiger partial charge in [-0.05, 0) is 18.6 Å². The number of hydrogen-bond acceptors (Lipinski definition) is 4. The highest BCUT2D eigenvalue weighted by molar-refractivity contribution is 5.66. The van der Waals surface area contributed by atoms with Crippen LogP contribution in [0.2, 0.25) is 0 Å². The van der Waals surface area contributed by atoms with Gasteiger partial charge in [0.05, 0.1) is 11.0 Å². The Balaban J connectivity index is 2.42. The van der Waals surface area contributed by atoms with Gasteiger partial charge in [-0.2, -0.15) is 0 Å². The summed E-state index contributed by atoms with van der Waals surface area (Å²) in [6.45, 7) is 2.74. The Bertz CT molecular complexity index is 444. The van der Waals surface area contributed by atoms with Gasteiger partial charge >= 0.3 is 0 Å². The third-order valence-corrected chi connectivity index (χ3v) is 2.70. The fourth-order valence-corrected chi connectivity index (χ4v) is 1.76. The SMILES string of the molecule is Cc1cc(N2CC(N)C2)c([N+](=O)[O-])cc1F. The largest absolute Gasteiger partial charge is 0.363 e. The Labute approximate surface area is 91.8 Å². The predicted molar refractivity (Wildman–Crippen MR) is 58.0 cm³/mol. The molecular weight excluding hydrogens is 213 g/mol. The van der Waals surface area contributed by atoms with Crippen molar-refractivity contribution in [3.8, 4) is 0 Å². The predicted octanol–water partition coefficient (Wildman–Crippen LogP) is 1.19. The fourth-order valence-electron chi connectivity index (χ4n) is 1.76. The molecular formula is C10H12FN3O2. The number of hydrogen-bond donors (Lipinski definition) is 1. The summed E-state index contributed by atoms with van der Waals surface area (Å²) < 4.78 is 13.2. The first-order valence-corrected chi connectivity index (χ1v) is 4.94. The van der Waals surface area contributed by atoms with E-state index in [1.165, 1.54) is 6.07 Å². The van der Waals surface area contributed by atoms with Gasteiger partial charge in [-0.15, -0.1) is 0 Å². The molecule has 0 atom stereocenters. The summed E-state index contributed by atoms with van der Waals surface area (Å²) in [7, 11) is 0. The monoisotopic (exact) mass is 225 g/mol. The van der Waals surface area contributed by atoms with Crippen molar-refractivity contribution in [1.29, 1.82) is 0 Å². The van der Waals surface area contributed by atoms with E-state index >= 15 is 0 Å². The van der Waals surface area contributed by atoms with Crippen LogP contribution in [-0.2, 0) is 0 Å². The second-order valence-corrected chi connectivity index (χ2v) is 4.01. The third kappa shape index (κ3) is 1.71. The van der Waals surface area contributed by atoms with Crippen molar-refractivity contribution < 1.29 is 9.31 Å². The highest BCUT2D eigenvalue weighted by atomic mass is 19.1. The molecule has 1 aliphatic heterocycles. The minimum atomic E-state index is -0.568. The molecule has 2 N–H and O–H groups in total. The van der Waals surface area contributed by atoms with Crippen molar-refractivity contribution in [2.45, 2.75) is 13.0 Å². The van der Waals surface area contributed by atoms with E-state index in [9.17, 15) is 14.5 Å². The Morgan fingerprint density at radius 2 is 2.19 bits per heavy atom. The lowest BCUT2D eigenvalue weighted by Crippen LogP contribution is -2.56. The smallest absolute Gasteiger partial charge is 0.295 e. The first-order chi connectivity index (χ1) is 7.49. The molecule has 6 heteroatoms. The van der Waals surface area contributed by atoms with Gasteiger partial charge in [0, 0.05) is 19.1 Å². The van der Waals surface area contributed by atoms with Crippen LogP contribution in [0, 0.1) is 22.9 Å². The summed E-state index contributed by atoms with van der Waals surface area (Å²) >= 11 is 0. The number of nitro benzene ring substituents is 1. The maximum absolute atomic E-state index is 13.2. The number of rotatable bonds is 2. The average Bonchev–Trinajstić information content (AvgIpc) is 2.16. The minimum Gasteiger partial charge on any atom is -0.363 e. The van der Waals surface area contributed by atoms with Crippen LogP contribution in [0.4, 0.5) is 15.8 Å². The molecule has 1 saturated heterocycles. The zero-order chi connectivity index (χ0) is 11.9.